The van der Waals surface area contributed by atoms with E-state index in [1.165, 1.54) is 0 Å². The molecule has 0 heterocycles. The van der Waals surface area contributed by atoms with Crippen molar-refractivity contribution >= 4 is 5.97 Å². The van der Waals surface area contributed by atoms with E-state index in [4.69, 9.17) is 10.8 Å². The Bertz CT molecular complexity index is 416. The predicted octanol–water partition coefficient (Wildman–Crippen LogP) is 2.75. The van der Waals surface area contributed by atoms with Crippen LogP contribution in [0.4, 0.5) is 8.78 Å². The highest BCUT2D eigenvalue weighted by Gasteiger charge is 2.24. The highest BCUT2D eigenvalue weighted by Crippen LogP contribution is 2.26. The number of benzene rings is 1. The molecule has 1 atom stereocenters. The molecule has 1 aromatic carbocycles. The highest BCUT2D eigenvalue weighted by molar-refractivity contribution is 5.66. The average Bonchev–Trinajstić information content (AvgIpc) is 2.24. The molecule has 18 heavy (non-hydrogen) atoms. The van der Waals surface area contributed by atoms with E-state index in [9.17, 15) is 13.6 Å². The standard InChI is InChI=1S/C13H17F2NO2/c1-13(14,15)8-9-4-2-3-5-10(9)11(16)6-7-12(17)18/h2-5,11H,6-8,16H2,1H3,(H,17,18). The van der Waals surface area contributed by atoms with Gasteiger partial charge in [-0.2, -0.15) is 0 Å². The first kappa shape index (κ1) is 14.6. The third-order valence-corrected chi connectivity index (χ3v) is 2.62. The summed E-state index contributed by atoms with van der Waals surface area (Å²) in [7, 11) is 0. The van der Waals surface area contributed by atoms with Crippen LogP contribution in [0.25, 0.3) is 0 Å². The Morgan fingerprint density at radius 3 is 2.61 bits per heavy atom. The number of hydrogen-bond acceptors (Lipinski definition) is 2. The monoisotopic (exact) mass is 257 g/mol. The zero-order valence-corrected chi connectivity index (χ0v) is 10.2. The number of carboxylic acid groups (broad SMARTS) is 1. The summed E-state index contributed by atoms with van der Waals surface area (Å²) >= 11 is 0. The molecule has 1 aromatic rings. The molecule has 0 aliphatic rings. The summed E-state index contributed by atoms with van der Waals surface area (Å²) in [4.78, 5) is 10.5. The Labute approximate surface area is 105 Å². The van der Waals surface area contributed by atoms with Crippen molar-refractivity contribution < 1.29 is 18.7 Å². The van der Waals surface area contributed by atoms with Crippen LogP contribution in [-0.2, 0) is 11.2 Å². The van der Waals surface area contributed by atoms with Crippen molar-refractivity contribution in [2.45, 2.75) is 38.2 Å². The van der Waals surface area contributed by atoms with E-state index in [1.54, 1.807) is 24.3 Å². The minimum Gasteiger partial charge on any atom is -0.481 e. The third-order valence-electron chi connectivity index (χ3n) is 2.62. The van der Waals surface area contributed by atoms with E-state index in [1.807, 2.05) is 0 Å². The van der Waals surface area contributed by atoms with Crippen molar-refractivity contribution in [3.63, 3.8) is 0 Å². The van der Waals surface area contributed by atoms with Crippen molar-refractivity contribution in [1.82, 2.24) is 0 Å². The van der Waals surface area contributed by atoms with E-state index in [2.05, 4.69) is 0 Å². The van der Waals surface area contributed by atoms with Crippen LogP contribution in [0, 0.1) is 0 Å². The second-order valence-electron chi connectivity index (χ2n) is 4.48. The molecule has 0 bridgehead atoms. The third kappa shape index (κ3) is 4.79. The molecular weight excluding hydrogens is 240 g/mol. The Morgan fingerprint density at radius 1 is 1.44 bits per heavy atom. The Morgan fingerprint density at radius 2 is 2.06 bits per heavy atom. The summed E-state index contributed by atoms with van der Waals surface area (Å²) in [5, 5.41) is 8.59. The second-order valence-corrected chi connectivity index (χ2v) is 4.48. The maximum absolute atomic E-state index is 13.0. The molecule has 0 aliphatic carbocycles. The van der Waals surface area contributed by atoms with E-state index in [0.717, 1.165) is 6.92 Å². The minimum absolute atomic E-state index is 0.0714. The minimum atomic E-state index is -2.80. The molecule has 0 saturated heterocycles. The fourth-order valence-electron chi connectivity index (χ4n) is 1.83. The van der Waals surface area contributed by atoms with Crippen molar-refractivity contribution in [1.29, 1.82) is 0 Å². The first-order valence-corrected chi connectivity index (χ1v) is 5.72. The van der Waals surface area contributed by atoms with E-state index < -0.39 is 17.9 Å². The number of carboxylic acids is 1. The molecule has 0 radical (unpaired) electrons. The van der Waals surface area contributed by atoms with Crippen molar-refractivity contribution in [3.8, 4) is 0 Å². The zero-order valence-electron chi connectivity index (χ0n) is 10.2. The highest BCUT2D eigenvalue weighted by atomic mass is 19.3. The van der Waals surface area contributed by atoms with Crippen molar-refractivity contribution in [2.75, 3.05) is 0 Å². The van der Waals surface area contributed by atoms with Gasteiger partial charge in [-0.05, 0) is 24.5 Å². The molecule has 100 valence electrons. The van der Waals surface area contributed by atoms with Gasteiger partial charge in [0.1, 0.15) is 0 Å². The van der Waals surface area contributed by atoms with Crippen LogP contribution in [-0.4, -0.2) is 17.0 Å². The molecule has 0 amide bonds. The van der Waals surface area contributed by atoms with Crippen LogP contribution < -0.4 is 5.73 Å². The Balaban J connectivity index is 2.84. The Kier molecular flexibility index (Phi) is 4.78. The van der Waals surface area contributed by atoms with Crippen LogP contribution in [0.5, 0.6) is 0 Å². The zero-order chi connectivity index (χ0) is 13.8. The van der Waals surface area contributed by atoms with E-state index in [0.29, 0.717) is 11.1 Å². The molecule has 0 fully saturated rings. The number of rotatable bonds is 6. The van der Waals surface area contributed by atoms with E-state index >= 15 is 0 Å². The molecular formula is C13H17F2NO2. The van der Waals surface area contributed by atoms with Crippen LogP contribution in [0.1, 0.15) is 36.9 Å². The lowest BCUT2D eigenvalue weighted by Crippen LogP contribution is -2.19. The molecule has 0 aliphatic heterocycles. The smallest absolute Gasteiger partial charge is 0.303 e. The summed E-state index contributed by atoms with van der Waals surface area (Å²) in [6, 6.07) is 6.14. The van der Waals surface area contributed by atoms with Crippen LogP contribution >= 0.6 is 0 Å². The fraction of sp³-hybridized carbons (Fsp3) is 0.462. The van der Waals surface area contributed by atoms with Crippen molar-refractivity contribution in [2.24, 2.45) is 5.73 Å². The fourth-order valence-corrected chi connectivity index (χ4v) is 1.83. The molecule has 0 saturated carbocycles. The van der Waals surface area contributed by atoms with Gasteiger partial charge in [0, 0.05) is 18.9 Å². The average molecular weight is 257 g/mol. The largest absolute Gasteiger partial charge is 0.481 e. The normalized spacial score (nSPS) is 13.3. The van der Waals surface area contributed by atoms with Gasteiger partial charge in [0.2, 0.25) is 5.92 Å². The first-order chi connectivity index (χ1) is 8.29. The van der Waals surface area contributed by atoms with Gasteiger partial charge in [-0.15, -0.1) is 0 Å². The SMILES string of the molecule is CC(F)(F)Cc1ccccc1C(N)CCC(=O)O. The summed E-state index contributed by atoms with van der Waals surface area (Å²) < 4.78 is 26.1. The summed E-state index contributed by atoms with van der Waals surface area (Å²) in [5.41, 5.74) is 6.93. The van der Waals surface area contributed by atoms with Crippen LogP contribution in [0.15, 0.2) is 24.3 Å². The number of nitrogens with two attached hydrogens (primary N) is 1. The van der Waals surface area contributed by atoms with Crippen molar-refractivity contribution in [3.05, 3.63) is 35.4 Å². The number of halogens is 2. The lowest BCUT2D eigenvalue weighted by atomic mass is 9.94. The van der Waals surface area contributed by atoms with Crippen LogP contribution in [0.3, 0.4) is 0 Å². The van der Waals surface area contributed by atoms with Gasteiger partial charge >= 0.3 is 5.97 Å². The molecule has 1 unspecified atom stereocenters. The van der Waals surface area contributed by atoms with Gasteiger partial charge in [0.25, 0.3) is 0 Å². The van der Waals surface area contributed by atoms with Gasteiger partial charge in [-0.3, -0.25) is 4.79 Å². The number of hydrogen-bond donors (Lipinski definition) is 2. The quantitative estimate of drug-likeness (QED) is 0.823. The summed E-state index contributed by atoms with van der Waals surface area (Å²) in [6.07, 6.45) is -0.219. The first-order valence-electron chi connectivity index (χ1n) is 5.72. The molecule has 1 rings (SSSR count). The predicted molar refractivity (Wildman–Crippen MR) is 64.6 cm³/mol. The van der Waals surface area contributed by atoms with E-state index in [-0.39, 0.29) is 19.3 Å². The van der Waals surface area contributed by atoms with Gasteiger partial charge < -0.3 is 10.8 Å². The van der Waals surface area contributed by atoms with Gasteiger partial charge in [-0.25, -0.2) is 8.78 Å². The second kappa shape index (κ2) is 5.91. The number of aliphatic carboxylic acids is 1. The van der Waals surface area contributed by atoms with Crippen LogP contribution in [0.2, 0.25) is 0 Å². The lowest BCUT2D eigenvalue weighted by molar-refractivity contribution is -0.137. The molecule has 3 N–H and O–H groups in total. The maximum atomic E-state index is 13.0. The number of carbonyl (C=O) groups is 1. The maximum Gasteiger partial charge on any atom is 0.303 e. The molecule has 3 nitrogen and oxygen atoms in total. The molecule has 5 heteroatoms. The summed E-state index contributed by atoms with van der Waals surface area (Å²) in [5.74, 6) is -3.74. The Hall–Kier alpha value is -1.49. The van der Waals surface area contributed by atoms with Gasteiger partial charge in [0.05, 0.1) is 0 Å². The molecule has 0 spiro atoms. The van der Waals surface area contributed by atoms with Gasteiger partial charge in [-0.1, -0.05) is 24.3 Å². The van der Waals surface area contributed by atoms with Gasteiger partial charge in [0.15, 0.2) is 0 Å². The molecule has 0 aromatic heterocycles. The topological polar surface area (TPSA) is 63.3 Å². The lowest BCUT2D eigenvalue weighted by Gasteiger charge is -2.18. The number of alkyl halides is 2. The summed E-state index contributed by atoms with van der Waals surface area (Å²) in [6.45, 7) is 0.854.